The molecule has 0 spiro atoms. The molecule has 1 aliphatic carbocycles. The van der Waals surface area contributed by atoms with Gasteiger partial charge >= 0.3 is 0 Å². The van der Waals surface area contributed by atoms with Crippen molar-refractivity contribution < 1.29 is 9.18 Å². The van der Waals surface area contributed by atoms with E-state index in [1.807, 2.05) is 6.07 Å². The van der Waals surface area contributed by atoms with Gasteiger partial charge in [0.2, 0.25) is 5.91 Å². The summed E-state index contributed by atoms with van der Waals surface area (Å²) in [5.41, 5.74) is 0.975. The summed E-state index contributed by atoms with van der Waals surface area (Å²) in [7, 11) is 0. The van der Waals surface area contributed by atoms with Crippen LogP contribution in [-0.2, 0) is 11.2 Å². The van der Waals surface area contributed by atoms with Crippen LogP contribution < -0.4 is 5.32 Å². The summed E-state index contributed by atoms with van der Waals surface area (Å²) < 4.78 is 13.4. The van der Waals surface area contributed by atoms with Crippen LogP contribution in [0.4, 0.5) is 4.39 Å². The molecule has 1 amide bonds. The Kier molecular flexibility index (Phi) is 7.50. The molecule has 0 bridgehead atoms. The number of hydrogen-bond acceptors (Lipinski definition) is 2. The van der Waals surface area contributed by atoms with Crippen LogP contribution in [0, 0.1) is 11.7 Å². The molecular formula is C19H28ClFN2O. The maximum absolute atomic E-state index is 13.4. The van der Waals surface area contributed by atoms with Crippen LogP contribution in [-0.4, -0.2) is 36.5 Å². The molecule has 1 unspecified atom stereocenters. The number of amides is 1. The Balaban J connectivity index is 0.00000208. The molecule has 3 nitrogen and oxygen atoms in total. The van der Waals surface area contributed by atoms with Crippen molar-refractivity contribution in [3.63, 3.8) is 0 Å². The van der Waals surface area contributed by atoms with E-state index < -0.39 is 0 Å². The average molecular weight is 355 g/mol. The number of nitrogens with zero attached hydrogens (tertiary/aromatic N) is 1. The molecule has 3 rings (SSSR count). The first-order valence-electron chi connectivity index (χ1n) is 8.99. The van der Waals surface area contributed by atoms with E-state index in [4.69, 9.17) is 0 Å². The number of hydrogen-bond donors (Lipinski definition) is 1. The highest BCUT2D eigenvalue weighted by atomic mass is 35.5. The zero-order chi connectivity index (χ0) is 16.1. The second-order valence-electron chi connectivity index (χ2n) is 6.89. The van der Waals surface area contributed by atoms with Gasteiger partial charge in [0.25, 0.3) is 0 Å². The van der Waals surface area contributed by atoms with Gasteiger partial charge in [-0.3, -0.25) is 4.79 Å². The van der Waals surface area contributed by atoms with E-state index in [1.165, 1.54) is 18.9 Å². The number of carbonyl (C=O) groups excluding carboxylic acids is 1. The van der Waals surface area contributed by atoms with Crippen molar-refractivity contribution in [2.24, 2.45) is 5.92 Å². The number of halogens is 2. The van der Waals surface area contributed by atoms with Gasteiger partial charge in [-0.15, -0.1) is 12.4 Å². The van der Waals surface area contributed by atoms with Gasteiger partial charge in [-0.05, 0) is 56.3 Å². The van der Waals surface area contributed by atoms with Crippen molar-refractivity contribution in [2.75, 3.05) is 19.6 Å². The SMILES string of the molecule is Cl.O=C(C1CCCNC1)N(CCc1cccc(F)c1)C1CCCC1. The summed E-state index contributed by atoms with van der Waals surface area (Å²) in [5.74, 6) is 0.232. The Labute approximate surface area is 150 Å². The lowest BCUT2D eigenvalue weighted by Crippen LogP contribution is -2.47. The summed E-state index contributed by atoms with van der Waals surface area (Å²) in [6, 6.07) is 7.13. The quantitative estimate of drug-likeness (QED) is 0.876. The van der Waals surface area contributed by atoms with Gasteiger partial charge in [0.1, 0.15) is 5.82 Å². The number of piperidine rings is 1. The molecule has 1 N–H and O–H groups in total. The molecule has 1 aliphatic heterocycles. The molecular weight excluding hydrogens is 327 g/mol. The fourth-order valence-electron chi connectivity index (χ4n) is 3.93. The van der Waals surface area contributed by atoms with Crippen molar-refractivity contribution >= 4 is 18.3 Å². The third kappa shape index (κ3) is 4.93. The molecule has 2 aliphatic rings. The second-order valence-corrected chi connectivity index (χ2v) is 6.89. The van der Waals surface area contributed by atoms with Gasteiger partial charge in [-0.1, -0.05) is 25.0 Å². The fourth-order valence-corrected chi connectivity index (χ4v) is 3.93. The van der Waals surface area contributed by atoms with Gasteiger partial charge in [0, 0.05) is 19.1 Å². The summed E-state index contributed by atoms with van der Waals surface area (Å²) in [5, 5.41) is 3.35. The van der Waals surface area contributed by atoms with E-state index in [2.05, 4.69) is 10.2 Å². The third-order valence-electron chi connectivity index (χ3n) is 5.23. The van der Waals surface area contributed by atoms with Crippen molar-refractivity contribution in [2.45, 2.75) is 51.0 Å². The van der Waals surface area contributed by atoms with Crippen LogP contribution in [0.2, 0.25) is 0 Å². The molecule has 134 valence electrons. The largest absolute Gasteiger partial charge is 0.339 e. The van der Waals surface area contributed by atoms with Crippen LogP contribution in [0.1, 0.15) is 44.1 Å². The van der Waals surface area contributed by atoms with E-state index in [9.17, 15) is 9.18 Å². The number of rotatable bonds is 5. The molecule has 0 aromatic heterocycles. The van der Waals surface area contributed by atoms with Crippen LogP contribution in [0.5, 0.6) is 0 Å². The zero-order valence-corrected chi connectivity index (χ0v) is 15.0. The number of carbonyl (C=O) groups is 1. The van der Waals surface area contributed by atoms with Crippen LogP contribution in [0.25, 0.3) is 0 Å². The first kappa shape index (κ1) is 19.2. The van der Waals surface area contributed by atoms with Crippen molar-refractivity contribution in [3.8, 4) is 0 Å². The Hall–Kier alpha value is -1.13. The van der Waals surface area contributed by atoms with Gasteiger partial charge in [0.15, 0.2) is 0 Å². The number of nitrogens with one attached hydrogen (secondary N) is 1. The molecule has 1 saturated heterocycles. The predicted octanol–water partition coefficient (Wildman–Crippen LogP) is 3.56. The van der Waals surface area contributed by atoms with Gasteiger partial charge in [0.05, 0.1) is 5.92 Å². The molecule has 1 saturated carbocycles. The standard InChI is InChI=1S/C19H27FN2O.ClH/c20-17-7-3-5-15(13-17)10-12-22(18-8-1-2-9-18)19(23)16-6-4-11-21-14-16;/h3,5,7,13,16,18,21H,1-2,4,6,8-12,14H2;1H. The topological polar surface area (TPSA) is 32.3 Å². The van der Waals surface area contributed by atoms with Crippen molar-refractivity contribution in [1.82, 2.24) is 10.2 Å². The fraction of sp³-hybridized carbons (Fsp3) is 0.632. The van der Waals surface area contributed by atoms with Crippen LogP contribution in [0.3, 0.4) is 0 Å². The maximum atomic E-state index is 13.4. The van der Waals surface area contributed by atoms with Crippen molar-refractivity contribution in [3.05, 3.63) is 35.6 Å². The van der Waals surface area contributed by atoms with Gasteiger partial charge in [-0.2, -0.15) is 0 Å². The molecule has 1 atom stereocenters. The lowest BCUT2D eigenvalue weighted by Gasteiger charge is -2.34. The normalized spacial score (nSPS) is 21.3. The summed E-state index contributed by atoms with van der Waals surface area (Å²) >= 11 is 0. The zero-order valence-electron chi connectivity index (χ0n) is 14.2. The van der Waals surface area contributed by atoms with E-state index >= 15 is 0 Å². The van der Waals surface area contributed by atoms with Crippen molar-refractivity contribution in [1.29, 1.82) is 0 Å². The van der Waals surface area contributed by atoms with Gasteiger partial charge in [-0.25, -0.2) is 4.39 Å². The molecule has 5 heteroatoms. The highest BCUT2D eigenvalue weighted by Crippen LogP contribution is 2.26. The van der Waals surface area contributed by atoms with Crippen LogP contribution in [0.15, 0.2) is 24.3 Å². The van der Waals surface area contributed by atoms with Crippen LogP contribution >= 0.6 is 12.4 Å². The highest BCUT2D eigenvalue weighted by Gasteiger charge is 2.31. The Bertz CT molecular complexity index is 528. The Morgan fingerprint density at radius 1 is 1.21 bits per heavy atom. The predicted molar refractivity (Wildman–Crippen MR) is 96.9 cm³/mol. The monoisotopic (exact) mass is 354 g/mol. The Morgan fingerprint density at radius 2 is 2.00 bits per heavy atom. The molecule has 1 aromatic carbocycles. The first-order valence-corrected chi connectivity index (χ1v) is 8.99. The van der Waals surface area contributed by atoms with Gasteiger partial charge < -0.3 is 10.2 Å². The first-order chi connectivity index (χ1) is 11.2. The minimum Gasteiger partial charge on any atom is -0.339 e. The maximum Gasteiger partial charge on any atom is 0.227 e. The summed E-state index contributed by atoms with van der Waals surface area (Å²) in [4.78, 5) is 15.1. The van der Waals surface area contributed by atoms with E-state index in [1.54, 1.807) is 12.1 Å². The second kappa shape index (κ2) is 9.38. The molecule has 24 heavy (non-hydrogen) atoms. The molecule has 2 fully saturated rings. The van der Waals surface area contributed by atoms with E-state index in [0.717, 1.165) is 50.8 Å². The summed E-state index contributed by atoms with van der Waals surface area (Å²) in [6.07, 6.45) is 7.49. The lowest BCUT2D eigenvalue weighted by molar-refractivity contribution is -0.138. The minimum absolute atomic E-state index is 0. The van der Waals surface area contributed by atoms with E-state index in [-0.39, 0.29) is 24.1 Å². The molecule has 1 aromatic rings. The summed E-state index contributed by atoms with van der Waals surface area (Å²) in [6.45, 7) is 2.54. The van der Waals surface area contributed by atoms with E-state index in [0.29, 0.717) is 18.5 Å². The Morgan fingerprint density at radius 3 is 2.67 bits per heavy atom. The third-order valence-corrected chi connectivity index (χ3v) is 5.23. The molecule has 0 radical (unpaired) electrons. The lowest BCUT2D eigenvalue weighted by atomic mass is 9.96. The minimum atomic E-state index is -0.197. The smallest absolute Gasteiger partial charge is 0.227 e. The average Bonchev–Trinajstić information content (AvgIpc) is 3.10. The number of benzene rings is 1. The molecule has 1 heterocycles. The highest BCUT2D eigenvalue weighted by molar-refractivity contribution is 5.85.